The van der Waals surface area contributed by atoms with Gasteiger partial charge in [-0.25, -0.2) is 0 Å². The van der Waals surface area contributed by atoms with Crippen molar-refractivity contribution in [2.24, 2.45) is 0 Å². The summed E-state index contributed by atoms with van der Waals surface area (Å²) in [5, 5.41) is 0.554. The normalized spacial score (nSPS) is 14.3. The minimum atomic E-state index is -0.0999. The van der Waals surface area contributed by atoms with E-state index in [0.29, 0.717) is 46.9 Å². The van der Waals surface area contributed by atoms with Gasteiger partial charge < -0.3 is 24.1 Å². The number of H-pyrrole nitrogens is 1. The SMILES string of the molecule is CCOc1cc2[nH]c(=S)n(CCCN3CCN(c4ccc(OC)cc4)CC3)c(=O)c2cc1OCC. The van der Waals surface area contributed by atoms with Crippen molar-refractivity contribution in [3.05, 3.63) is 51.5 Å². The number of fused-ring (bicyclic) bond motifs is 1. The number of hydrogen-bond acceptors (Lipinski definition) is 7. The van der Waals surface area contributed by atoms with Crippen LogP contribution in [-0.2, 0) is 6.54 Å². The van der Waals surface area contributed by atoms with Gasteiger partial charge in [-0.2, -0.15) is 0 Å². The molecule has 35 heavy (non-hydrogen) atoms. The van der Waals surface area contributed by atoms with Gasteiger partial charge >= 0.3 is 0 Å². The van der Waals surface area contributed by atoms with E-state index in [2.05, 4.69) is 26.9 Å². The predicted molar refractivity (Wildman–Crippen MR) is 142 cm³/mol. The number of aromatic amines is 1. The second-order valence-corrected chi connectivity index (χ2v) is 8.86. The highest BCUT2D eigenvalue weighted by atomic mass is 32.1. The molecule has 2 aromatic carbocycles. The first-order valence-electron chi connectivity index (χ1n) is 12.2. The van der Waals surface area contributed by atoms with E-state index >= 15 is 0 Å². The highest BCUT2D eigenvalue weighted by molar-refractivity contribution is 7.71. The van der Waals surface area contributed by atoms with E-state index in [9.17, 15) is 4.79 Å². The van der Waals surface area contributed by atoms with Gasteiger partial charge in [-0.3, -0.25) is 14.3 Å². The van der Waals surface area contributed by atoms with Gasteiger partial charge in [0.15, 0.2) is 16.3 Å². The Kier molecular flexibility index (Phi) is 8.30. The van der Waals surface area contributed by atoms with Crippen molar-refractivity contribution in [2.75, 3.05) is 57.9 Å². The number of nitrogens with one attached hydrogen (secondary N) is 1. The first kappa shape index (κ1) is 25.1. The summed E-state index contributed by atoms with van der Waals surface area (Å²) in [5.74, 6) is 2.06. The molecule has 0 atom stereocenters. The lowest BCUT2D eigenvalue weighted by Gasteiger charge is -2.36. The van der Waals surface area contributed by atoms with Crippen LogP contribution < -0.4 is 24.7 Å². The van der Waals surface area contributed by atoms with Gasteiger partial charge in [0, 0.05) is 44.5 Å². The van der Waals surface area contributed by atoms with Crippen LogP contribution in [0.15, 0.2) is 41.2 Å². The number of ether oxygens (including phenoxy) is 3. The third-order valence-electron chi connectivity index (χ3n) is 6.31. The van der Waals surface area contributed by atoms with Gasteiger partial charge in [-0.15, -0.1) is 0 Å². The van der Waals surface area contributed by atoms with Gasteiger partial charge in [0.2, 0.25) is 0 Å². The van der Waals surface area contributed by atoms with Gasteiger partial charge in [0.05, 0.1) is 31.2 Å². The maximum atomic E-state index is 13.3. The van der Waals surface area contributed by atoms with Crippen LogP contribution in [0.3, 0.4) is 0 Å². The smallest absolute Gasteiger partial charge is 0.262 e. The zero-order valence-electron chi connectivity index (χ0n) is 20.7. The number of benzene rings is 2. The molecular weight excluding hydrogens is 464 g/mol. The van der Waals surface area contributed by atoms with Crippen molar-refractivity contribution in [1.82, 2.24) is 14.5 Å². The van der Waals surface area contributed by atoms with E-state index in [1.165, 1.54) is 5.69 Å². The van der Waals surface area contributed by atoms with Crippen molar-refractivity contribution < 1.29 is 14.2 Å². The van der Waals surface area contributed by atoms with Gasteiger partial charge in [-0.1, -0.05) is 0 Å². The molecule has 1 fully saturated rings. The molecule has 0 saturated carbocycles. The topological polar surface area (TPSA) is 72.0 Å². The largest absolute Gasteiger partial charge is 0.497 e. The Bertz CT molecular complexity index is 1250. The Morgan fingerprint density at radius 2 is 1.60 bits per heavy atom. The van der Waals surface area contributed by atoms with Crippen LogP contribution >= 0.6 is 12.2 Å². The lowest BCUT2D eigenvalue weighted by atomic mass is 10.2. The highest BCUT2D eigenvalue weighted by Crippen LogP contribution is 2.31. The molecule has 1 aliphatic rings. The second kappa shape index (κ2) is 11.6. The van der Waals surface area contributed by atoms with Crippen LogP contribution in [0.25, 0.3) is 10.9 Å². The van der Waals surface area contributed by atoms with E-state index in [-0.39, 0.29) is 5.56 Å². The Hall–Kier alpha value is -3.04. The number of methoxy groups -OCH3 is 1. The van der Waals surface area contributed by atoms with Crippen molar-refractivity contribution >= 4 is 28.8 Å². The highest BCUT2D eigenvalue weighted by Gasteiger charge is 2.17. The fourth-order valence-corrected chi connectivity index (χ4v) is 4.76. The van der Waals surface area contributed by atoms with Crippen molar-refractivity contribution in [1.29, 1.82) is 0 Å². The molecule has 0 spiro atoms. The predicted octanol–water partition coefficient (Wildman–Crippen LogP) is 4.08. The molecule has 1 aliphatic heterocycles. The third-order valence-corrected chi connectivity index (χ3v) is 6.63. The number of aromatic nitrogens is 2. The average Bonchev–Trinajstić information content (AvgIpc) is 2.87. The molecule has 0 amide bonds. The van der Waals surface area contributed by atoms with E-state index in [1.807, 2.05) is 26.0 Å². The standard InChI is InChI=1S/C26H34N4O4S/c1-4-33-23-17-21-22(18-24(23)34-5-2)27-26(35)30(25(21)31)12-6-11-28-13-15-29(16-14-28)19-7-9-20(32-3)10-8-19/h7-10,17-18H,4-6,11-16H2,1-3H3,(H,27,35). The Balaban J connectivity index is 1.38. The summed E-state index contributed by atoms with van der Waals surface area (Å²) in [6.07, 6.45) is 0.848. The molecule has 1 aromatic heterocycles. The molecule has 188 valence electrons. The fourth-order valence-electron chi connectivity index (χ4n) is 4.48. The number of hydrogen-bond donors (Lipinski definition) is 1. The Morgan fingerprint density at radius 3 is 2.23 bits per heavy atom. The molecule has 9 heteroatoms. The summed E-state index contributed by atoms with van der Waals surface area (Å²) in [4.78, 5) is 21.3. The molecule has 4 rings (SSSR count). The molecule has 0 aliphatic carbocycles. The minimum Gasteiger partial charge on any atom is -0.497 e. The average molecular weight is 499 g/mol. The van der Waals surface area contributed by atoms with Crippen LogP contribution in [0.1, 0.15) is 20.3 Å². The summed E-state index contributed by atoms with van der Waals surface area (Å²) in [7, 11) is 1.68. The first-order valence-corrected chi connectivity index (χ1v) is 12.6. The summed E-state index contributed by atoms with van der Waals surface area (Å²) in [5.41, 5.74) is 1.79. The van der Waals surface area contributed by atoms with E-state index in [1.54, 1.807) is 23.8 Å². The first-order chi connectivity index (χ1) is 17.0. The second-order valence-electron chi connectivity index (χ2n) is 8.48. The Morgan fingerprint density at radius 1 is 0.943 bits per heavy atom. The van der Waals surface area contributed by atoms with Crippen molar-refractivity contribution in [3.63, 3.8) is 0 Å². The summed E-state index contributed by atoms with van der Waals surface area (Å²) in [6.45, 7) is 10.3. The van der Waals surface area contributed by atoms with Crippen LogP contribution in [0.2, 0.25) is 0 Å². The molecule has 0 bridgehead atoms. The maximum absolute atomic E-state index is 13.3. The molecular formula is C26H34N4O4S. The molecule has 1 N–H and O–H groups in total. The summed E-state index contributed by atoms with van der Waals surface area (Å²) in [6, 6.07) is 11.8. The molecule has 1 saturated heterocycles. The molecule has 0 radical (unpaired) electrons. The fraction of sp³-hybridized carbons (Fsp3) is 0.462. The molecule has 3 aromatic rings. The number of rotatable bonds is 10. The van der Waals surface area contributed by atoms with Gasteiger partial charge in [0.1, 0.15) is 5.75 Å². The lowest BCUT2D eigenvalue weighted by molar-refractivity contribution is 0.250. The molecule has 0 unspecified atom stereocenters. The zero-order chi connectivity index (χ0) is 24.8. The van der Waals surface area contributed by atoms with Crippen LogP contribution in [-0.4, -0.2) is 67.5 Å². The minimum absolute atomic E-state index is 0.0999. The van der Waals surface area contributed by atoms with Gasteiger partial charge in [0.25, 0.3) is 5.56 Å². The van der Waals surface area contributed by atoms with Gasteiger partial charge in [-0.05, 0) is 69.4 Å². The zero-order valence-corrected chi connectivity index (χ0v) is 21.5. The number of anilines is 1. The monoisotopic (exact) mass is 498 g/mol. The Labute approximate surface area is 211 Å². The number of nitrogens with zero attached hydrogens (tertiary/aromatic N) is 3. The quantitative estimate of drug-likeness (QED) is 0.423. The van der Waals surface area contributed by atoms with Crippen molar-refractivity contribution in [3.8, 4) is 17.2 Å². The lowest BCUT2D eigenvalue weighted by Crippen LogP contribution is -2.46. The summed E-state index contributed by atoms with van der Waals surface area (Å²) < 4.78 is 18.7. The molecule has 2 heterocycles. The van der Waals surface area contributed by atoms with E-state index in [4.69, 9.17) is 26.4 Å². The summed E-state index contributed by atoms with van der Waals surface area (Å²) >= 11 is 5.52. The number of piperazine rings is 1. The maximum Gasteiger partial charge on any atom is 0.262 e. The van der Waals surface area contributed by atoms with Crippen LogP contribution in [0, 0.1) is 4.77 Å². The van der Waals surface area contributed by atoms with Crippen molar-refractivity contribution in [2.45, 2.75) is 26.8 Å². The van der Waals surface area contributed by atoms with E-state index < -0.39 is 0 Å². The van der Waals surface area contributed by atoms with Crippen LogP contribution in [0.4, 0.5) is 5.69 Å². The van der Waals surface area contributed by atoms with Crippen LogP contribution in [0.5, 0.6) is 17.2 Å². The van der Waals surface area contributed by atoms with E-state index in [0.717, 1.165) is 44.9 Å². The third kappa shape index (κ3) is 5.79. The molecule has 8 nitrogen and oxygen atoms in total.